The van der Waals surface area contributed by atoms with Crippen LogP contribution in [0.25, 0.3) is 10.9 Å². The molecular weight excluding hydrogens is 346 g/mol. The Kier molecular flexibility index (Phi) is 7.09. The first-order chi connectivity index (χ1) is 12.9. The lowest BCUT2D eigenvalue weighted by Crippen LogP contribution is -2.30. The first-order valence-corrected chi connectivity index (χ1v) is 8.71. The molecule has 0 amide bonds. The Labute approximate surface area is 158 Å². The highest BCUT2D eigenvalue weighted by Crippen LogP contribution is 2.12. The molecule has 2 aromatic rings. The Bertz CT molecular complexity index is 964. The van der Waals surface area contributed by atoms with Gasteiger partial charge in [-0.25, -0.2) is 0 Å². The molecule has 2 aromatic heterocycles. The number of likely N-dealkylation sites (N-methyl/N-ethyl adjacent to an activating group) is 1. The molecule has 0 radical (unpaired) electrons. The summed E-state index contributed by atoms with van der Waals surface area (Å²) in [5.74, 6) is 0. The lowest BCUT2D eigenvalue weighted by Gasteiger charge is -2.15. The number of aliphatic imine (C=N–C) groups is 1. The van der Waals surface area contributed by atoms with Crippen LogP contribution in [0.15, 0.2) is 45.1 Å². The fourth-order valence-corrected chi connectivity index (χ4v) is 2.90. The van der Waals surface area contributed by atoms with Crippen LogP contribution in [0, 0.1) is 6.92 Å². The second kappa shape index (κ2) is 9.29. The number of ether oxygens (including phenoxy) is 1. The zero-order valence-electron chi connectivity index (χ0n) is 16.2. The van der Waals surface area contributed by atoms with Crippen molar-refractivity contribution >= 4 is 17.6 Å². The summed E-state index contributed by atoms with van der Waals surface area (Å²) in [6.45, 7) is 11.7. The molecule has 0 fully saturated rings. The zero-order valence-corrected chi connectivity index (χ0v) is 16.2. The Balaban J connectivity index is 2.37. The topological polar surface area (TPSA) is 84.6 Å². The normalized spacial score (nSPS) is 12.1. The van der Waals surface area contributed by atoms with E-state index in [9.17, 15) is 9.59 Å². The third kappa shape index (κ3) is 4.72. The Morgan fingerprint density at radius 1 is 1.41 bits per heavy atom. The molecule has 0 unspecified atom stereocenters. The van der Waals surface area contributed by atoms with Crippen LogP contribution in [0.1, 0.15) is 5.69 Å². The Hall–Kier alpha value is -2.71. The summed E-state index contributed by atoms with van der Waals surface area (Å²) in [5.41, 5.74) is 1.40. The second-order valence-corrected chi connectivity index (χ2v) is 6.36. The van der Waals surface area contributed by atoms with E-state index in [0.717, 1.165) is 6.54 Å². The van der Waals surface area contributed by atoms with Crippen molar-refractivity contribution in [2.75, 3.05) is 33.9 Å². The molecule has 1 N–H and O–H groups in total. The van der Waals surface area contributed by atoms with Gasteiger partial charge in [-0.05, 0) is 26.8 Å². The molecule has 27 heavy (non-hydrogen) atoms. The maximum absolute atomic E-state index is 12.8. The number of fused-ring (bicyclic) bond motifs is 1. The van der Waals surface area contributed by atoms with Crippen molar-refractivity contribution in [2.24, 2.45) is 4.99 Å². The van der Waals surface area contributed by atoms with Crippen LogP contribution in [-0.4, -0.2) is 59.8 Å². The first kappa shape index (κ1) is 20.6. The summed E-state index contributed by atoms with van der Waals surface area (Å²) in [6, 6.07) is 1.45. The number of aromatic amines is 1. The van der Waals surface area contributed by atoms with Crippen LogP contribution in [0.2, 0.25) is 0 Å². The smallest absolute Gasteiger partial charge is 0.276 e. The third-order valence-corrected chi connectivity index (χ3v) is 4.50. The zero-order chi connectivity index (χ0) is 20.0. The quantitative estimate of drug-likeness (QED) is 0.500. The van der Waals surface area contributed by atoms with E-state index in [1.165, 1.54) is 15.3 Å². The molecular formula is C19H27N5O3. The van der Waals surface area contributed by atoms with E-state index < -0.39 is 0 Å². The summed E-state index contributed by atoms with van der Waals surface area (Å²) in [5, 5.41) is 3.55. The highest BCUT2D eigenvalue weighted by molar-refractivity contribution is 5.80. The summed E-state index contributed by atoms with van der Waals surface area (Å²) in [7, 11) is 3.63. The molecule has 0 atom stereocenters. The summed E-state index contributed by atoms with van der Waals surface area (Å²) < 4.78 is 8.12. The number of aryl methyl sites for hydroxylation is 1. The highest BCUT2D eigenvalue weighted by Gasteiger charge is 2.15. The van der Waals surface area contributed by atoms with Crippen molar-refractivity contribution in [1.82, 2.24) is 19.2 Å². The second-order valence-electron chi connectivity index (χ2n) is 6.36. The van der Waals surface area contributed by atoms with E-state index in [0.29, 0.717) is 42.0 Å². The highest BCUT2D eigenvalue weighted by atomic mass is 16.5. The monoisotopic (exact) mass is 373 g/mol. The van der Waals surface area contributed by atoms with Crippen LogP contribution >= 0.6 is 0 Å². The van der Waals surface area contributed by atoms with Crippen molar-refractivity contribution < 1.29 is 4.74 Å². The average Bonchev–Trinajstić information content (AvgIpc) is 2.96. The first-order valence-electron chi connectivity index (χ1n) is 8.71. The maximum Gasteiger partial charge on any atom is 0.276 e. The number of allylic oxidation sites excluding steroid dienone is 3. The SMILES string of the molecule is C=C/C=C(/Cn1c(C)c2c(=O)n(CCN(C)CCOC)[nH]c2cc1=O)N=C. The van der Waals surface area contributed by atoms with Gasteiger partial charge in [0.1, 0.15) is 0 Å². The molecule has 146 valence electrons. The van der Waals surface area contributed by atoms with Crippen LogP contribution in [0.5, 0.6) is 0 Å². The number of hydrogen-bond acceptors (Lipinski definition) is 5. The predicted molar refractivity (Wildman–Crippen MR) is 109 cm³/mol. The fourth-order valence-electron chi connectivity index (χ4n) is 2.90. The molecule has 0 aromatic carbocycles. The summed E-state index contributed by atoms with van der Waals surface area (Å²) in [6.07, 6.45) is 3.28. The van der Waals surface area contributed by atoms with E-state index in [4.69, 9.17) is 4.74 Å². The van der Waals surface area contributed by atoms with Crippen molar-refractivity contribution in [2.45, 2.75) is 20.0 Å². The molecule has 2 heterocycles. The molecule has 0 saturated carbocycles. The van der Waals surface area contributed by atoms with Crippen LogP contribution < -0.4 is 11.1 Å². The van der Waals surface area contributed by atoms with Gasteiger partial charge >= 0.3 is 0 Å². The minimum absolute atomic E-state index is 0.141. The van der Waals surface area contributed by atoms with Gasteiger partial charge in [0, 0.05) is 32.0 Å². The van der Waals surface area contributed by atoms with E-state index in [1.54, 1.807) is 26.2 Å². The molecule has 8 nitrogen and oxygen atoms in total. The lowest BCUT2D eigenvalue weighted by atomic mass is 10.2. The van der Waals surface area contributed by atoms with Gasteiger partial charge in [0.15, 0.2) is 0 Å². The minimum Gasteiger partial charge on any atom is -0.383 e. The van der Waals surface area contributed by atoms with Crippen LogP contribution in [0.3, 0.4) is 0 Å². The molecule has 0 spiro atoms. The van der Waals surface area contributed by atoms with Gasteiger partial charge in [-0.2, -0.15) is 0 Å². The lowest BCUT2D eigenvalue weighted by molar-refractivity contribution is 0.158. The van der Waals surface area contributed by atoms with Gasteiger partial charge in [0.05, 0.1) is 36.3 Å². The van der Waals surface area contributed by atoms with Crippen molar-refractivity contribution in [3.05, 3.63) is 56.9 Å². The van der Waals surface area contributed by atoms with Gasteiger partial charge in [-0.1, -0.05) is 12.7 Å². The van der Waals surface area contributed by atoms with E-state index in [1.807, 2.05) is 7.05 Å². The van der Waals surface area contributed by atoms with Crippen molar-refractivity contribution in [3.63, 3.8) is 0 Å². The standard InChI is InChI=1S/C19H27N5O3/c1-6-7-15(20-3)13-23-14(2)18-16(12-17(23)25)21-24(19(18)26)9-8-22(4)10-11-27-5/h6-7,12,21H,1,3,8-11,13H2,2,4-5H3/b15-7-. The summed E-state index contributed by atoms with van der Waals surface area (Å²) >= 11 is 0. The van der Waals surface area contributed by atoms with Crippen LogP contribution in [0.4, 0.5) is 0 Å². The number of methoxy groups -OCH3 is 1. The van der Waals surface area contributed by atoms with E-state index in [-0.39, 0.29) is 17.7 Å². The van der Waals surface area contributed by atoms with E-state index in [2.05, 4.69) is 28.3 Å². The number of hydrogen-bond donors (Lipinski definition) is 1. The molecule has 2 rings (SSSR count). The number of nitrogens with one attached hydrogen (secondary N) is 1. The molecule has 0 aliphatic heterocycles. The van der Waals surface area contributed by atoms with Gasteiger partial charge in [-0.3, -0.25) is 24.4 Å². The molecule has 0 saturated heterocycles. The number of nitrogens with zero attached hydrogens (tertiary/aromatic N) is 4. The van der Waals surface area contributed by atoms with Crippen LogP contribution in [-0.2, 0) is 17.8 Å². The number of rotatable bonds is 10. The molecule has 0 aliphatic rings. The van der Waals surface area contributed by atoms with Gasteiger partial charge in [0.2, 0.25) is 0 Å². The number of pyridine rings is 1. The largest absolute Gasteiger partial charge is 0.383 e. The van der Waals surface area contributed by atoms with Crippen molar-refractivity contribution in [3.8, 4) is 0 Å². The van der Waals surface area contributed by atoms with Crippen molar-refractivity contribution in [1.29, 1.82) is 0 Å². The third-order valence-electron chi connectivity index (χ3n) is 4.50. The van der Waals surface area contributed by atoms with Gasteiger partial charge in [0.25, 0.3) is 11.1 Å². The fraction of sp³-hybridized carbons (Fsp3) is 0.421. The molecule has 0 aliphatic carbocycles. The summed E-state index contributed by atoms with van der Waals surface area (Å²) in [4.78, 5) is 31.3. The Morgan fingerprint density at radius 2 is 2.15 bits per heavy atom. The molecule has 8 heteroatoms. The predicted octanol–water partition coefficient (Wildman–Crippen LogP) is 1.15. The average molecular weight is 373 g/mol. The van der Waals surface area contributed by atoms with Gasteiger partial charge in [-0.15, -0.1) is 0 Å². The minimum atomic E-state index is -0.204. The van der Waals surface area contributed by atoms with Gasteiger partial charge < -0.3 is 14.2 Å². The Morgan fingerprint density at radius 3 is 2.78 bits per heavy atom. The number of aromatic nitrogens is 3. The molecule has 0 bridgehead atoms. The maximum atomic E-state index is 12.8. The number of H-pyrrole nitrogens is 1. The van der Waals surface area contributed by atoms with E-state index >= 15 is 0 Å².